The molecule has 2 aromatic rings. The second-order valence-electron chi connectivity index (χ2n) is 7.17. The van der Waals surface area contributed by atoms with Gasteiger partial charge in [0.2, 0.25) is 5.91 Å². The fourth-order valence-corrected chi connectivity index (χ4v) is 4.85. The van der Waals surface area contributed by atoms with Gasteiger partial charge in [-0.15, -0.1) is 0 Å². The van der Waals surface area contributed by atoms with Gasteiger partial charge in [0, 0.05) is 30.9 Å². The number of amides is 1. The van der Waals surface area contributed by atoms with Crippen molar-refractivity contribution >= 4 is 33.0 Å². The third-order valence-corrected chi connectivity index (χ3v) is 6.57. The van der Waals surface area contributed by atoms with Crippen molar-refractivity contribution in [1.29, 1.82) is 0 Å². The quantitative estimate of drug-likeness (QED) is 0.847. The molecule has 1 amide bonds. The van der Waals surface area contributed by atoms with Gasteiger partial charge in [-0.1, -0.05) is 0 Å². The Labute approximate surface area is 159 Å². The second kappa shape index (κ2) is 6.88. The lowest BCUT2D eigenvalue weighted by Crippen LogP contribution is -2.20. The molecule has 0 aromatic heterocycles. The molecule has 0 bridgehead atoms. The minimum Gasteiger partial charge on any atom is -0.372 e. The van der Waals surface area contributed by atoms with Crippen LogP contribution in [0.1, 0.15) is 30.4 Å². The van der Waals surface area contributed by atoms with E-state index in [4.69, 9.17) is 0 Å². The summed E-state index contributed by atoms with van der Waals surface area (Å²) in [6, 6.07) is 10.7. The summed E-state index contributed by atoms with van der Waals surface area (Å²) >= 11 is 0. The number of carbonyl (C=O) groups is 1. The molecule has 2 aromatic carbocycles. The Morgan fingerprint density at radius 3 is 2.56 bits per heavy atom. The van der Waals surface area contributed by atoms with E-state index >= 15 is 0 Å². The Bertz CT molecular complexity index is 996. The van der Waals surface area contributed by atoms with E-state index in [0.717, 1.165) is 29.9 Å². The van der Waals surface area contributed by atoms with Crippen LogP contribution in [0.3, 0.4) is 0 Å². The maximum Gasteiger partial charge on any atom is 0.261 e. The molecule has 0 saturated carbocycles. The van der Waals surface area contributed by atoms with Gasteiger partial charge in [0.1, 0.15) is 0 Å². The van der Waals surface area contributed by atoms with Crippen LogP contribution in [0.5, 0.6) is 0 Å². The van der Waals surface area contributed by atoms with E-state index in [-0.39, 0.29) is 10.8 Å². The van der Waals surface area contributed by atoms with Gasteiger partial charge in [0.05, 0.1) is 10.6 Å². The van der Waals surface area contributed by atoms with Gasteiger partial charge >= 0.3 is 0 Å². The second-order valence-corrected chi connectivity index (χ2v) is 8.85. The molecule has 4 rings (SSSR count). The zero-order chi connectivity index (χ0) is 19.0. The third-order valence-electron chi connectivity index (χ3n) is 5.21. The molecule has 142 valence electrons. The van der Waals surface area contributed by atoms with Crippen LogP contribution in [0.2, 0.25) is 0 Å². The SMILES string of the molecule is Cc1cc(N2CCCC2)ccc1NS(=O)(=O)c1ccc2c(c1)CCC(=O)N2. The predicted octanol–water partition coefficient (Wildman–Crippen LogP) is 3.28. The maximum atomic E-state index is 12.8. The van der Waals surface area contributed by atoms with Crippen molar-refractivity contribution in [2.24, 2.45) is 0 Å². The minimum atomic E-state index is -3.69. The molecule has 27 heavy (non-hydrogen) atoms. The first-order valence-corrected chi connectivity index (χ1v) is 10.7. The summed E-state index contributed by atoms with van der Waals surface area (Å²) < 4.78 is 28.4. The lowest BCUT2D eigenvalue weighted by molar-refractivity contribution is -0.116. The molecule has 0 unspecified atom stereocenters. The van der Waals surface area contributed by atoms with Crippen LogP contribution in [0.15, 0.2) is 41.3 Å². The maximum absolute atomic E-state index is 12.8. The van der Waals surface area contributed by atoms with E-state index in [1.807, 2.05) is 25.1 Å². The number of sulfonamides is 1. The van der Waals surface area contributed by atoms with Crippen LogP contribution in [0.25, 0.3) is 0 Å². The Morgan fingerprint density at radius 1 is 1.04 bits per heavy atom. The average molecular weight is 385 g/mol. The van der Waals surface area contributed by atoms with E-state index in [1.165, 1.54) is 18.9 Å². The van der Waals surface area contributed by atoms with Gasteiger partial charge in [-0.3, -0.25) is 9.52 Å². The highest BCUT2D eigenvalue weighted by molar-refractivity contribution is 7.92. The molecule has 7 heteroatoms. The van der Waals surface area contributed by atoms with Gasteiger partial charge in [-0.2, -0.15) is 0 Å². The summed E-state index contributed by atoms with van der Waals surface area (Å²) in [6.07, 6.45) is 3.33. The number of carbonyl (C=O) groups excluding carboxylic acids is 1. The molecule has 2 N–H and O–H groups in total. The molecule has 0 atom stereocenters. The summed E-state index contributed by atoms with van der Waals surface area (Å²) in [4.78, 5) is 14.0. The van der Waals surface area contributed by atoms with Crippen LogP contribution in [0.4, 0.5) is 17.1 Å². The Hall–Kier alpha value is -2.54. The van der Waals surface area contributed by atoms with Gasteiger partial charge in [0.15, 0.2) is 0 Å². The lowest BCUT2D eigenvalue weighted by atomic mass is 10.0. The van der Waals surface area contributed by atoms with Crippen LogP contribution >= 0.6 is 0 Å². The fourth-order valence-electron chi connectivity index (χ4n) is 3.66. The van der Waals surface area contributed by atoms with Crippen molar-refractivity contribution in [3.63, 3.8) is 0 Å². The highest BCUT2D eigenvalue weighted by Gasteiger charge is 2.21. The van der Waals surface area contributed by atoms with Gasteiger partial charge in [0.25, 0.3) is 10.0 Å². The first-order valence-electron chi connectivity index (χ1n) is 9.23. The smallest absolute Gasteiger partial charge is 0.261 e. The standard InChI is InChI=1S/C20H23N3O3S/c1-14-12-16(23-10-2-3-11-23)5-7-18(14)22-27(25,26)17-6-8-19-15(13-17)4-9-20(24)21-19/h5-8,12-13,22H,2-4,9-11H2,1H3,(H,21,24). The summed E-state index contributed by atoms with van der Waals surface area (Å²) in [5.41, 5.74) is 4.16. The lowest BCUT2D eigenvalue weighted by Gasteiger charge is -2.20. The number of hydrogen-bond donors (Lipinski definition) is 2. The number of benzene rings is 2. The topological polar surface area (TPSA) is 78.5 Å². The molecule has 6 nitrogen and oxygen atoms in total. The van der Waals surface area contributed by atoms with Crippen LogP contribution in [-0.4, -0.2) is 27.4 Å². The van der Waals surface area contributed by atoms with E-state index < -0.39 is 10.0 Å². The largest absolute Gasteiger partial charge is 0.372 e. The monoisotopic (exact) mass is 385 g/mol. The van der Waals surface area contributed by atoms with Crippen molar-refractivity contribution in [1.82, 2.24) is 0 Å². The van der Waals surface area contributed by atoms with E-state index in [0.29, 0.717) is 24.2 Å². The molecule has 0 aliphatic carbocycles. The predicted molar refractivity (Wildman–Crippen MR) is 107 cm³/mol. The molecular formula is C20H23N3O3S. The molecular weight excluding hydrogens is 362 g/mol. The van der Waals surface area contributed by atoms with Crippen molar-refractivity contribution in [2.45, 2.75) is 37.5 Å². The summed E-state index contributed by atoms with van der Waals surface area (Å²) in [5.74, 6) is -0.0371. The molecule has 0 spiro atoms. The number of nitrogens with one attached hydrogen (secondary N) is 2. The van der Waals surface area contributed by atoms with Gasteiger partial charge in [-0.05, 0) is 73.7 Å². The highest BCUT2D eigenvalue weighted by atomic mass is 32.2. The van der Waals surface area contributed by atoms with Crippen LogP contribution in [-0.2, 0) is 21.2 Å². The third kappa shape index (κ3) is 3.64. The zero-order valence-electron chi connectivity index (χ0n) is 15.3. The minimum absolute atomic E-state index is 0.0371. The zero-order valence-corrected chi connectivity index (χ0v) is 16.1. The normalized spacial score (nSPS) is 16.8. The molecule has 1 saturated heterocycles. The summed E-state index contributed by atoms with van der Waals surface area (Å²) in [7, 11) is -3.69. The van der Waals surface area contributed by atoms with Crippen molar-refractivity contribution in [3.8, 4) is 0 Å². The number of fused-ring (bicyclic) bond motifs is 1. The first kappa shape index (κ1) is 17.9. The number of hydrogen-bond acceptors (Lipinski definition) is 4. The molecule has 2 aliphatic rings. The summed E-state index contributed by atoms with van der Waals surface area (Å²) in [5, 5.41) is 2.77. The number of nitrogens with zero attached hydrogens (tertiary/aromatic N) is 1. The number of aryl methyl sites for hydroxylation is 2. The van der Waals surface area contributed by atoms with E-state index in [2.05, 4.69) is 14.9 Å². The Balaban J connectivity index is 1.57. The van der Waals surface area contributed by atoms with E-state index in [9.17, 15) is 13.2 Å². The first-order chi connectivity index (χ1) is 12.9. The number of anilines is 3. The molecule has 0 radical (unpaired) electrons. The Kier molecular flexibility index (Phi) is 4.55. The molecule has 2 heterocycles. The average Bonchev–Trinajstić information content (AvgIpc) is 3.17. The fraction of sp³-hybridized carbons (Fsp3) is 0.350. The van der Waals surface area contributed by atoms with Crippen molar-refractivity contribution < 1.29 is 13.2 Å². The van der Waals surface area contributed by atoms with Crippen LogP contribution < -0.4 is 14.9 Å². The molecule has 1 fully saturated rings. The van der Waals surface area contributed by atoms with Crippen molar-refractivity contribution in [3.05, 3.63) is 47.5 Å². The number of rotatable bonds is 4. The summed E-state index contributed by atoms with van der Waals surface area (Å²) in [6.45, 7) is 4.02. The van der Waals surface area contributed by atoms with Crippen molar-refractivity contribution in [2.75, 3.05) is 28.0 Å². The van der Waals surface area contributed by atoms with E-state index in [1.54, 1.807) is 12.1 Å². The highest BCUT2D eigenvalue weighted by Crippen LogP contribution is 2.29. The van der Waals surface area contributed by atoms with Crippen LogP contribution in [0, 0.1) is 6.92 Å². The Morgan fingerprint density at radius 2 is 1.81 bits per heavy atom. The molecule has 2 aliphatic heterocycles. The van der Waals surface area contributed by atoms with Gasteiger partial charge in [-0.25, -0.2) is 8.42 Å². The van der Waals surface area contributed by atoms with Gasteiger partial charge < -0.3 is 10.2 Å².